The van der Waals surface area contributed by atoms with Gasteiger partial charge in [-0.2, -0.15) is 0 Å². The third-order valence-corrected chi connectivity index (χ3v) is 5.21. The molecular weight excluding hydrogens is 232 g/mol. The largest absolute Gasteiger partial charge is 0.294 e. The van der Waals surface area contributed by atoms with Crippen LogP contribution in [0.3, 0.4) is 0 Å². The quantitative estimate of drug-likeness (QED) is 0.647. The van der Waals surface area contributed by atoms with E-state index in [1.807, 2.05) is 0 Å². The fourth-order valence-corrected chi connectivity index (χ4v) is 4.18. The van der Waals surface area contributed by atoms with E-state index in [4.69, 9.17) is 0 Å². The van der Waals surface area contributed by atoms with Crippen LogP contribution in [0.5, 0.6) is 0 Å². The predicted molar refractivity (Wildman–Crippen MR) is 81.1 cm³/mol. The average Bonchev–Trinajstić information content (AvgIpc) is 2.65. The minimum atomic E-state index is 0.325. The van der Waals surface area contributed by atoms with Crippen LogP contribution in [-0.2, 0) is 4.79 Å². The summed E-state index contributed by atoms with van der Waals surface area (Å²) in [7, 11) is 0. The molecule has 2 atom stereocenters. The molecule has 1 nitrogen and oxygen atoms in total. The molecule has 108 valence electrons. The van der Waals surface area contributed by atoms with Gasteiger partial charge in [0.15, 0.2) is 5.78 Å². The fourth-order valence-electron chi connectivity index (χ4n) is 4.18. The number of allylic oxidation sites excluding steroid dienone is 2. The van der Waals surface area contributed by atoms with Gasteiger partial charge in [0, 0.05) is 5.92 Å². The van der Waals surface area contributed by atoms with Crippen molar-refractivity contribution < 1.29 is 4.79 Å². The number of rotatable bonds is 2. The summed E-state index contributed by atoms with van der Waals surface area (Å²) >= 11 is 0. The smallest absolute Gasteiger partial charge is 0.162 e. The highest BCUT2D eigenvalue weighted by Crippen LogP contribution is 2.43. The van der Waals surface area contributed by atoms with Crippen LogP contribution in [0, 0.1) is 11.8 Å². The van der Waals surface area contributed by atoms with E-state index in [-0.39, 0.29) is 0 Å². The van der Waals surface area contributed by atoms with Crippen LogP contribution in [0.4, 0.5) is 0 Å². The summed E-state index contributed by atoms with van der Waals surface area (Å²) in [5.74, 6) is 1.43. The van der Waals surface area contributed by atoms with Gasteiger partial charge in [0.1, 0.15) is 0 Å². The van der Waals surface area contributed by atoms with Gasteiger partial charge in [0.25, 0.3) is 0 Å². The van der Waals surface area contributed by atoms with E-state index >= 15 is 0 Å². The first-order valence-electron chi connectivity index (χ1n) is 8.55. The maximum atomic E-state index is 12.5. The standard InChI is InChI=1S/C18H30O/c1-3-14-16-12-10-8-6-5-7-9-11-13-17(16)15(4-2)18(14)19/h14,16H,3-13H2,1-2H3. The number of Topliss-reactive ketones (excluding diaryl/α,β-unsaturated/α-hetero) is 1. The molecule has 0 spiro atoms. The van der Waals surface area contributed by atoms with Crippen molar-refractivity contribution >= 4 is 5.78 Å². The maximum absolute atomic E-state index is 12.5. The van der Waals surface area contributed by atoms with Gasteiger partial charge < -0.3 is 0 Å². The van der Waals surface area contributed by atoms with Gasteiger partial charge in [-0.25, -0.2) is 0 Å². The molecule has 0 N–H and O–H groups in total. The van der Waals surface area contributed by atoms with Crippen LogP contribution in [0.15, 0.2) is 11.1 Å². The molecule has 0 saturated heterocycles. The maximum Gasteiger partial charge on any atom is 0.162 e. The monoisotopic (exact) mass is 262 g/mol. The Bertz CT molecular complexity index is 340. The number of hydrogen-bond donors (Lipinski definition) is 0. The van der Waals surface area contributed by atoms with Crippen molar-refractivity contribution in [1.82, 2.24) is 0 Å². The molecule has 19 heavy (non-hydrogen) atoms. The molecule has 0 aromatic rings. The topological polar surface area (TPSA) is 17.1 Å². The predicted octanol–water partition coefficient (Wildman–Crippen LogP) is 5.44. The first kappa shape index (κ1) is 14.8. The summed E-state index contributed by atoms with van der Waals surface area (Å²) in [4.78, 5) is 12.5. The number of fused-ring (bicyclic) bond motifs is 1. The SMILES string of the molecule is CCC1=C2CCCCCCCCCC2C(CC)C1=O. The van der Waals surface area contributed by atoms with Crippen LogP contribution in [0.25, 0.3) is 0 Å². The first-order valence-corrected chi connectivity index (χ1v) is 8.55. The minimum absolute atomic E-state index is 0.325. The highest BCUT2D eigenvalue weighted by molar-refractivity contribution is 6.01. The van der Waals surface area contributed by atoms with Crippen LogP contribution in [0.1, 0.15) is 84.5 Å². The number of hydrogen-bond acceptors (Lipinski definition) is 1. The van der Waals surface area contributed by atoms with E-state index in [1.54, 1.807) is 5.57 Å². The van der Waals surface area contributed by atoms with E-state index in [9.17, 15) is 4.79 Å². The van der Waals surface area contributed by atoms with Gasteiger partial charge in [0.05, 0.1) is 0 Å². The average molecular weight is 262 g/mol. The zero-order valence-corrected chi connectivity index (χ0v) is 12.8. The molecule has 0 aromatic heterocycles. The molecule has 0 amide bonds. The lowest BCUT2D eigenvalue weighted by atomic mass is 9.83. The van der Waals surface area contributed by atoms with E-state index in [0.717, 1.165) is 12.8 Å². The molecule has 2 unspecified atom stereocenters. The number of carbonyl (C=O) groups is 1. The molecule has 0 radical (unpaired) electrons. The number of ketones is 1. The fraction of sp³-hybridized carbons (Fsp3) is 0.833. The van der Waals surface area contributed by atoms with E-state index in [1.165, 1.54) is 63.4 Å². The van der Waals surface area contributed by atoms with E-state index in [2.05, 4.69) is 13.8 Å². The second-order valence-corrected chi connectivity index (χ2v) is 6.36. The van der Waals surface area contributed by atoms with E-state index < -0.39 is 0 Å². The molecule has 1 saturated carbocycles. The Morgan fingerprint density at radius 3 is 2.21 bits per heavy atom. The number of carbonyl (C=O) groups excluding carboxylic acids is 1. The molecule has 0 aliphatic heterocycles. The van der Waals surface area contributed by atoms with E-state index in [0.29, 0.717) is 17.6 Å². The van der Waals surface area contributed by atoms with Gasteiger partial charge in [-0.1, -0.05) is 57.9 Å². The summed E-state index contributed by atoms with van der Waals surface area (Å²) in [6.07, 6.45) is 14.0. The van der Waals surface area contributed by atoms with Gasteiger partial charge in [-0.3, -0.25) is 4.79 Å². The molecular formula is C18H30O. The summed E-state index contributed by atoms with van der Waals surface area (Å²) in [5.41, 5.74) is 2.79. The van der Waals surface area contributed by atoms with Crippen molar-refractivity contribution in [2.24, 2.45) is 11.8 Å². The molecule has 2 aliphatic carbocycles. The zero-order valence-electron chi connectivity index (χ0n) is 12.8. The summed E-state index contributed by atoms with van der Waals surface area (Å²) in [6, 6.07) is 0. The van der Waals surface area contributed by atoms with Crippen molar-refractivity contribution in [2.45, 2.75) is 84.5 Å². The molecule has 2 rings (SSSR count). The lowest BCUT2D eigenvalue weighted by Gasteiger charge is -2.20. The highest BCUT2D eigenvalue weighted by Gasteiger charge is 2.38. The van der Waals surface area contributed by atoms with Crippen molar-refractivity contribution in [2.75, 3.05) is 0 Å². The van der Waals surface area contributed by atoms with Crippen molar-refractivity contribution in [1.29, 1.82) is 0 Å². The summed E-state index contributed by atoms with van der Waals surface area (Å²) in [5, 5.41) is 0. The van der Waals surface area contributed by atoms with Crippen molar-refractivity contribution in [3.63, 3.8) is 0 Å². The van der Waals surface area contributed by atoms with Gasteiger partial charge in [-0.15, -0.1) is 0 Å². The van der Waals surface area contributed by atoms with Gasteiger partial charge in [0.2, 0.25) is 0 Å². The van der Waals surface area contributed by atoms with Gasteiger partial charge in [-0.05, 0) is 43.6 Å². The Morgan fingerprint density at radius 1 is 0.947 bits per heavy atom. The van der Waals surface area contributed by atoms with Crippen LogP contribution in [-0.4, -0.2) is 5.78 Å². The Labute approximate surface area is 118 Å². The minimum Gasteiger partial charge on any atom is -0.294 e. The third kappa shape index (κ3) is 3.30. The normalized spacial score (nSPS) is 30.1. The first-order chi connectivity index (χ1) is 9.29. The van der Waals surface area contributed by atoms with Crippen molar-refractivity contribution in [3.05, 3.63) is 11.1 Å². The second kappa shape index (κ2) is 7.26. The van der Waals surface area contributed by atoms with Crippen LogP contribution >= 0.6 is 0 Å². The highest BCUT2D eigenvalue weighted by atomic mass is 16.1. The summed E-state index contributed by atoms with van der Waals surface area (Å²) in [6.45, 7) is 4.37. The lowest BCUT2D eigenvalue weighted by molar-refractivity contribution is -0.119. The Morgan fingerprint density at radius 2 is 1.58 bits per heavy atom. The van der Waals surface area contributed by atoms with Crippen molar-refractivity contribution in [3.8, 4) is 0 Å². The Hall–Kier alpha value is -0.590. The third-order valence-electron chi connectivity index (χ3n) is 5.21. The second-order valence-electron chi connectivity index (χ2n) is 6.36. The van der Waals surface area contributed by atoms with Crippen LogP contribution in [0.2, 0.25) is 0 Å². The molecule has 2 aliphatic rings. The summed E-state index contributed by atoms with van der Waals surface area (Å²) < 4.78 is 0. The van der Waals surface area contributed by atoms with Crippen LogP contribution < -0.4 is 0 Å². The molecule has 0 aromatic carbocycles. The lowest BCUT2D eigenvalue weighted by Crippen LogP contribution is -2.17. The Kier molecular flexibility index (Phi) is 5.66. The van der Waals surface area contributed by atoms with Gasteiger partial charge >= 0.3 is 0 Å². The Balaban J connectivity index is 2.18. The zero-order chi connectivity index (χ0) is 13.7. The molecule has 0 heterocycles. The molecule has 1 fully saturated rings. The molecule has 1 heteroatoms. The molecule has 0 bridgehead atoms.